The van der Waals surface area contributed by atoms with E-state index in [4.69, 9.17) is 0 Å². The molecule has 0 saturated carbocycles. The van der Waals surface area contributed by atoms with E-state index < -0.39 is 0 Å². The van der Waals surface area contributed by atoms with Gasteiger partial charge in [0.2, 0.25) is 0 Å². The fraction of sp³-hybridized carbons (Fsp3) is 0. The molecule has 0 fully saturated rings. The Hall–Kier alpha value is -0.820. The lowest BCUT2D eigenvalue weighted by Gasteiger charge is -1.70. The number of aromatic nitrogens is 1. The SMILES string of the molecule is C=C.Cl.c1ccncc1. The van der Waals surface area contributed by atoms with Gasteiger partial charge in [-0.2, -0.15) is 0 Å². The van der Waals surface area contributed by atoms with Crippen LogP contribution in [0.15, 0.2) is 43.8 Å². The Bertz CT molecular complexity index is 91.8. The lowest BCUT2D eigenvalue weighted by atomic mass is 10.5. The minimum absolute atomic E-state index is 0. The molecule has 0 N–H and O–H groups in total. The Morgan fingerprint density at radius 2 is 1.33 bits per heavy atom. The molecule has 0 spiro atoms. The van der Waals surface area contributed by atoms with E-state index in [1.807, 2.05) is 18.2 Å². The minimum Gasteiger partial charge on any atom is -0.265 e. The van der Waals surface area contributed by atoms with Crippen molar-refractivity contribution in [2.75, 3.05) is 0 Å². The fourth-order valence-electron chi connectivity index (χ4n) is 0.313. The van der Waals surface area contributed by atoms with E-state index in [1.54, 1.807) is 12.4 Å². The molecular formula is C7H10ClN. The van der Waals surface area contributed by atoms with E-state index in [0.29, 0.717) is 0 Å². The van der Waals surface area contributed by atoms with Crippen LogP contribution in [0.1, 0.15) is 0 Å². The molecule has 0 aliphatic carbocycles. The van der Waals surface area contributed by atoms with Gasteiger partial charge in [0.1, 0.15) is 0 Å². The number of pyridine rings is 1. The first-order valence-corrected chi connectivity index (χ1v) is 2.35. The maximum Gasteiger partial charge on any atom is 0.0267 e. The van der Waals surface area contributed by atoms with Gasteiger partial charge in [-0.15, -0.1) is 25.6 Å². The Balaban J connectivity index is 0. The number of nitrogens with zero attached hydrogens (tertiary/aromatic N) is 1. The number of hydrogen-bond donors (Lipinski definition) is 0. The van der Waals surface area contributed by atoms with Crippen molar-refractivity contribution < 1.29 is 0 Å². The van der Waals surface area contributed by atoms with Crippen molar-refractivity contribution >= 4 is 12.4 Å². The van der Waals surface area contributed by atoms with E-state index >= 15 is 0 Å². The quantitative estimate of drug-likeness (QED) is 0.508. The van der Waals surface area contributed by atoms with Gasteiger partial charge in [0.15, 0.2) is 0 Å². The monoisotopic (exact) mass is 143 g/mol. The van der Waals surface area contributed by atoms with Crippen molar-refractivity contribution in [3.63, 3.8) is 0 Å². The van der Waals surface area contributed by atoms with E-state index in [9.17, 15) is 0 Å². The Labute approximate surface area is 61.9 Å². The molecule has 0 atom stereocenters. The molecule has 0 unspecified atom stereocenters. The van der Waals surface area contributed by atoms with Gasteiger partial charge in [-0.3, -0.25) is 4.98 Å². The third kappa shape index (κ3) is 7.18. The molecule has 9 heavy (non-hydrogen) atoms. The average molecular weight is 144 g/mol. The first-order valence-electron chi connectivity index (χ1n) is 2.35. The van der Waals surface area contributed by atoms with Crippen LogP contribution in [0.25, 0.3) is 0 Å². The Morgan fingerprint density at radius 3 is 1.44 bits per heavy atom. The summed E-state index contributed by atoms with van der Waals surface area (Å²) in [5.74, 6) is 0. The second kappa shape index (κ2) is 10.2. The number of rotatable bonds is 0. The highest BCUT2D eigenvalue weighted by atomic mass is 35.5. The van der Waals surface area contributed by atoms with Gasteiger partial charge in [-0.1, -0.05) is 6.07 Å². The molecule has 50 valence electrons. The molecule has 0 aromatic carbocycles. The molecule has 2 heteroatoms. The maximum atomic E-state index is 3.78. The zero-order valence-corrected chi connectivity index (χ0v) is 5.97. The predicted octanol–water partition coefficient (Wildman–Crippen LogP) is 2.31. The van der Waals surface area contributed by atoms with Crippen molar-refractivity contribution in [2.24, 2.45) is 0 Å². The van der Waals surface area contributed by atoms with Crippen LogP contribution in [0.5, 0.6) is 0 Å². The van der Waals surface area contributed by atoms with Crippen molar-refractivity contribution in [1.29, 1.82) is 0 Å². The summed E-state index contributed by atoms with van der Waals surface area (Å²) in [5.41, 5.74) is 0. The molecule has 1 aromatic rings. The molecule has 1 rings (SSSR count). The molecule has 0 aliphatic heterocycles. The Morgan fingerprint density at radius 1 is 0.889 bits per heavy atom. The second-order valence-corrected chi connectivity index (χ2v) is 1.02. The average Bonchev–Trinajstić information content (AvgIpc) is 1.96. The third-order valence-electron chi connectivity index (χ3n) is 0.566. The standard InChI is InChI=1S/C5H5N.C2H4.ClH/c1-2-4-6-5-3-1;1-2;/h1-5H;1-2H2;1H. The summed E-state index contributed by atoms with van der Waals surface area (Å²) >= 11 is 0. The van der Waals surface area contributed by atoms with Gasteiger partial charge < -0.3 is 0 Å². The van der Waals surface area contributed by atoms with Gasteiger partial charge in [0.25, 0.3) is 0 Å². The summed E-state index contributed by atoms with van der Waals surface area (Å²) in [6.45, 7) is 6.00. The predicted molar refractivity (Wildman–Crippen MR) is 42.7 cm³/mol. The van der Waals surface area contributed by atoms with Gasteiger partial charge >= 0.3 is 0 Å². The maximum absolute atomic E-state index is 3.78. The number of hydrogen-bond acceptors (Lipinski definition) is 1. The normalized spacial score (nSPS) is 5.78. The van der Waals surface area contributed by atoms with Crippen LogP contribution in [0.2, 0.25) is 0 Å². The van der Waals surface area contributed by atoms with E-state index in [-0.39, 0.29) is 12.4 Å². The van der Waals surface area contributed by atoms with Crippen molar-refractivity contribution in [2.45, 2.75) is 0 Å². The van der Waals surface area contributed by atoms with Crippen LogP contribution in [0.3, 0.4) is 0 Å². The van der Waals surface area contributed by atoms with Crippen LogP contribution in [0, 0.1) is 0 Å². The van der Waals surface area contributed by atoms with Crippen LogP contribution in [0.4, 0.5) is 0 Å². The summed E-state index contributed by atoms with van der Waals surface area (Å²) in [7, 11) is 0. The molecule has 0 aliphatic rings. The largest absolute Gasteiger partial charge is 0.265 e. The molecule has 1 nitrogen and oxygen atoms in total. The van der Waals surface area contributed by atoms with E-state index in [1.165, 1.54) is 0 Å². The van der Waals surface area contributed by atoms with E-state index in [2.05, 4.69) is 18.1 Å². The molecule has 0 bridgehead atoms. The van der Waals surface area contributed by atoms with Gasteiger partial charge in [-0.25, -0.2) is 0 Å². The minimum atomic E-state index is 0. The number of halogens is 1. The highest BCUT2D eigenvalue weighted by molar-refractivity contribution is 5.85. The van der Waals surface area contributed by atoms with Crippen molar-refractivity contribution in [3.8, 4) is 0 Å². The first-order chi connectivity index (χ1) is 4.00. The Kier molecular flexibility index (Phi) is 12.5. The summed E-state index contributed by atoms with van der Waals surface area (Å²) in [5, 5.41) is 0. The van der Waals surface area contributed by atoms with Crippen LogP contribution >= 0.6 is 12.4 Å². The van der Waals surface area contributed by atoms with E-state index in [0.717, 1.165) is 0 Å². The summed E-state index contributed by atoms with van der Waals surface area (Å²) < 4.78 is 0. The highest BCUT2D eigenvalue weighted by Gasteiger charge is 1.58. The molecule has 1 heterocycles. The van der Waals surface area contributed by atoms with Gasteiger partial charge in [0.05, 0.1) is 0 Å². The van der Waals surface area contributed by atoms with Crippen LogP contribution in [-0.2, 0) is 0 Å². The summed E-state index contributed by atoms with van der Waals surface area (Å²) in [6.07, 6.45) is 3.50. The second-order valence-electron chi connectivity index (χ2n) is 1.02. The topological polar surface area (TPSA) is 12.9 Å². The van der Waals surface area contributed by atoms with Crippen molar-refractivity contribution in [1.82, 2.24) is 4.98 Å². The fourth-order valence-corrected chi connectivity index (χ4v) is 0.313. The molecule has 0 amide bonds. The molecule has 0 saturated heterocycles. The van der Waals surface area contributed by atoms with Gasteiger partial charge in [0, 0.05) is 12.4 Å². The first kappa shape index (κ1) is 11.0. The smallest absolute Gasteiger partial charge is 0.0267 e. The summed E-state index contributed by atoms with van der Waals surface area (Å²) in [6, 6.07) is 5.72. The summed E-state index contributed by atoms with van der Waals surface area (Å²) in [4.78, 5) is 3.78. The molecular weight excluding hydrogens is 134 g/mol. The lowest BCUT2D eigenvalue weighted by molar-refractivity contribution is 1.33. The van der Waals surface area contributed by atoms with Crippen molar-refractivity contribution in [3.05, 3.63) is 43.8 Å². The van der Waals surface area contributed by atoms with Crippen LogP contribution < -0.4 is 0 Å². The van der Waals surface area contributed by atoms with Crippen LogP contribution in [-0.4, -0.2) is 4.98 Å². The molecule has 0 radical (unpaired) electrons. The third-order valence-corrected chi connectivity index (χ3v) is 0.566. The zero-order chi connectivity index (χ0) is 6.24. The van der Waals surface area contributed by atoms with Gasteiger partial charge in [-0.05, 0) is 12.1 Å². The highest BCUT2D eigenvalue weighted by Crippen LogP contribution is 1.73. The zero-order valence-electron chi connectivity index (χ0n) is 5.16. The lowest BCUT2D eigenvalue weighted by Crippen LogP contribution is -1.58. The molecule has 1 aromatic heterocycles.